The number of nitrogens with zero attached hydrogens (tertiary/aromatic N) is 2. The SMILES string of the molecule is CCn1c(C)nc2cc(CCNC3CCCC3)ccc21. The van der Waals surface area contributed by atoms with Crippen LogP contribution in [0, 0.1) is 6.92 Å². The van der Waals surface area contributed by atoms with Crippen LogP contribution in [-0.2, 0) is 13.0 Å². The number of hydrogen-bond acceptors (Lipinski definition) is 2. The predicted octanol–water partition coefficient (Wildman–Crippen LogP) is 3.44. The van der Waals surface area contributed by atoms with Gasteiger partial charge in [0.25, 0.3) is 0 Å². The van der Waals surface area contributed by atoms with Crippen molar-refractivity contribution >= 4 is 11.0 Å². The van der Waals surface area contributed by atoms with E-state index in [4.69, 9.17) is 0 Å². The molecule has 1 aliphatic carbocycles. The lowest BCUT2D eigenvalue weighted by atomic mass is 10.1. The summed E-state index contributed by atoms with van der Waals surface area (Å²) < 4.78 is 2.27. The Morgan fingerprint density at radius 3 is 2.85 bits per heavy atom. The maximum atomic E-state index is 4.67. The molecular weight excluding hydrogens is 246 g/mol. The molecule has 0 saturated heterocycles. The quantitative estimate of drug-likeness (QED) is 0.903. The summed E-state index contributed by atoms with van der Waals surface area (Å²) in [6, 6.07) is 7.50. The fourth-order valence-electron chi connectivity index (χ4n) is 3.40. The zero-order valence-corrected chi connectivity index (χ0v) is 12.7. The first-order valence-electron chi connectivity index (χ1n) is 7.97. The zero-order chi connectivity index (χ0) is 13.9. The Morgan fingerprint density at radius 1 is 1.30 bits per heavy atom. The molecule has 1 aromatic carbocycles. The van der Waals surface area contributed by atoms with Crippen molar-refractivity contribution in [2.45, 2.75) is 58.5 Å². The van der Waals surface area contributed by atoms with Gasteiger partial charge in [-0.2, -0.15) is 0 Å². The number of hydrogen-bond donors (Lipinski definition) is 1. The van der Waals surface area contributed by atoms with Gasteiger partial charge in [-0.25, -0.2) is 4.98 Å². The van der Waals surface area contributed by atoms with E-state index < -0.39 is 0 Å². The molecule has 2 aromatic rings. The van der Waals surface area contributed by atoms with Crippen molar-refractivity contribution < 1.29 is 0 Å². The Balaban J connectivity index is 1.66. The van der Waals surface area contributed by atoms with Crippen molar-refractivity contribution in [2.24, 2.45) is 0 Å². The molecule has 0 atom stereocenters. The standard InChI is InChI=1S/C17H25N3/c1-3-20-13(2)19-16-12-14(8-9-17(16)20)10-11-18-15-6-4-5-7-15/h8-9,12,15,18H,3-7,10-11H2,1-2H3. The summed E-state index contributed by atoms with van der Waals surface area (Å²) in [5.41, 5.74) is 3.80. The summed E-state index contributed by atoms with van der Waals surface area (Å²) in [5.74, 6) is 1.11. The third-order valence-corrected chi connectivity index (χ3v) is 4.52. The minimum absolute atomic E-state index is 0.764. The molecule has 0 radical (unpaired) electrons. The molecule has 1 heterocycles. The topological polar surface area (TPSA) is 29.9 Å². The van der Waals surface area contributed by atoms with Crippen LogP contribution in [0.5, 0.6) is 0 Å². The first kappa shape index (κ1) is 13.6. The molecule has 1 N–H and O–H groups in total. The van der Waals surface area contributed by atoms with E-state index in [1.165, 1.54) is 36.8 Å². The zero-order valence-electron chi connectivity index (χ0n) is 12.7. The second-order valence-corrected chi connectivity index (χ2v) is 5.91. The Bertz CT molecular complexity index is 579. The third-order valence-electron chi connectivity index (χ3n) is 4.52. The smallest absolute Gasteiger partial charge is 0.106 e. The van der Waals surface area contributed by atoms with E-state index in [1.54, 1.807) is 0 Å². The van der Waals surface area contributed by atoms with E-state index in [0.29, 0.717) is 0 Å². The van der Waals surface area contributed by atoms with Crippen LogP contribution in [-0.4, -0.2) is 22.1 Å². The van der Waals surface area contributed by atoms with Gasteiger partial charge in [0.1, 0.15) is 5.82 Å². The van der Waals surface area contributed by atoms with Crippen molar-refractivity contribution in [3.63, 3.8) is 0 Å². The number of aryl methyl sites for hydroxylation is 2. The third kappa shape index (κ3) is 2.73. The molecule has 0 unspecified atom stereocenters. The Kier molecular flexibility index (Phi) is 4.06. The minimum atomic E-state index is 0.764. The number of fused-ring (bicyclic) bond motifs is 1. The largest absolute Gasteiger partial charge is 0.329 e. The molecule has 0 amide bonds. The molecule has 1 aromatic heterocycles. The molecular formula is C17H25N3. The number of imidazole rings is 1. The minimum Gasteiger partial charge on any atom is -0.329 e. The first-order valence-corrected chi connectivity index (χ1v) is 7.97. The van der Waals surface area contributed by atoms with Crippen molar-refractivity contribution in [2.75, 3.05) is 6.54 Å². The fraction of sp³-hybridized carbons (Fsp3) is 0.588. The van der Waals surface area contributed by atoms with Crippen LogP contribution in [0.4, 0.5) is 0 Å². The number of rotatable bonds is 5. The van der Waals surface area contributed by atoms with Crippen LogP contribution in [0.2, 0.25) is 0 Å². The molecule has 0 spiro atoms. The molecule has 1 fully saturated rings. The van der Waals surface area contributed by atoms with Gasteiger partial charge in [0.05, 0.1) is 11.0 Å². The maximum absolute atomic E-state index is 4.67. The Hall–Kier alpha value is -1.35. The molecule has 1 saturated carbocycles. The highest BCUT2D eigenvalue weighted by Gasteiger charge is 2.13. The number of benzene rings is 1. The van der Waals surface area contributed by atoms with Crippen LogP contribution in [0.25, 0.3) is 11.0 Å². The second kappa shape index (κ2) is 5.96. The highest BCUT2D eigenvalue weighted by molar-refractivity contribution is 5.76. The van der Waals surface area contributed by atoms with Gasteiger partial charge in [-0.05, 0) is 57.4 Å². The monoisotopic (exact) mass is 271 g/mol. The van der Waals surface area contributed by atoms with E-state index in [-0.39, 0.29) is 0 Å². The highest BCUT2D eigenvalue weighted by atomic mass is 15.1. The molecule has 0 aliphatic heterocycles. The first-order chi connectivity index (χ1) is 9.78. The van der Waals surface area contributed by atoms with Gasteiger partial charge < -0.3 is 9.88 Å². The molecule has 1 aliphatic rings. The van der Waals surface area contributed by atoms with Crippen molar-refractivity contribution in [3.05, 3.63) is 29.6 Å². The Morgan fingerprint density at radius 2 is 2.10 bits per heavy atom. The summed E-state index contributed by atoms with van der Waals surface area (Å²) in [6.07, 6.45) is 6.62. The molecule has 108 valence electrons. The number of nitrogens with one attached hydrogen (secondary N) is 1. The number of aromatic nitrogens is 2. The van der Waals surface area contributed by atoms with Gasteiger partial charge in [0.2, 0.25) is 0 Å². The summed E-state index contributed by atoms with van der Waals surface area (Å²) >= 11 is 0. The van der Waals surface area contributed by atoms with Crippen molar-refractivity contribution in [3.8, 4) is 0 Å². The van der Waals surface area contributed by atoms with E-state index >= 15 is 0 Å². The van der Waals surface area contributed by atoms with Crippen LogP contribution < -0.4 is 5.32 Å². The normalized spacial score (nSPS) is 16.3. The van der Waals surface area contributed by atoms with Gasteiger partial charge in [-0.15, -0.1) is 0 Å². The van der Waals surface area contributed by atoms with Crippen LogP contribution in [0.1, 0.15) is 44.0 Å². The molecule has 3 heteroatoms. The second-order valence-electron chi connectivity index (χ2n) is 5.91. The summed E-state index contributed by atoms with van der Waals surface area (Å²) in [7, 11) is 0. The summed E-state index contributed by atoms with van der Waals surface area (Å²) in [6.45, 7) is 6.34. The lowest BCUT2D eigenvalue weighted by Gasteiger charge is -2.11. The van der Waals surface area contributed by atoms with Gasteiger partial charge in [0.15, 0.2) is 0 Å². The van der Waals surface area contributed by atoms with Crippen LogP contribution in [0.3, 0.4) is 0 Å². The Labute approximate surface area is 121 Å². The van der Waals surface area contributed by atoms with Crippen molar-refractivity contribution in [1.82, 2.24) is 14.9 Å². The van der Waals surface area contributed by atoms with E-state index in [9.17, 15) is 0 Å². The molecule has 0 bridgehead atoms. The van der Waals surface area contributed by atoms with Gasteiger partial charge in [0, 0.05) is 12.6 Å². The van der Waals surface area contributed by atoms with E-state index in [1.807, 2.05) is 0 Å². The molecule has 3 rings (SSSR count). The van der Waals surface area contributed by atoms with Gasteiger partial charge in [-0.1, -0.05) is 18.9 Å². The lowest BCUT2D eigenvalue weighted by Crippen LogP contribution is -2.27. The highest BCUT2D eigenvalue weighted by Crippen LogP contribution is 2.19. The van der Waals surface area contributed by atoms with Gasteiger partial charge >= 0.3 is 0 Å². The lowest BCUT2D eigenvalue weighted by molar-refractivity contribution is 0.528. The summed E-state index contributed by atoms with van der Waals surface area (Å²) in [5, 5.41) is 3.68. The van der Waals surface area contributed by atoms with E-state index in [2.05, 4.69) is 46.9 Å². The molecule has 20 heavy (non-hydrogen) atoms. The van der Waals surface area contributed by atoms with Crippen LogP contribution >= 0.6 is 0 Å². The predicted molar refractivity (Wildman–Crippen MR) is 84.1 cm³/mol. The van der Waals surface area contributed by atoms with E-state index in [0.717, 1.165) is 36.9 Å². The molecule has 3 nitrogen and oxygen atoms in total. The summed E-state index contributed by atoms with van der Waals surface area (Å²) in [4.78, 5) is 4.67. The van der Waals surface area contributed by atoms with Crippen molar-refractivity contribution in [1.29, 1.82) is 0 Å². The van der Waals surface area contributed by atoms with Crippen LogP contribution in [0.15, 0.2) is 18.2 Å². The average molecular weight is 271 g/mol. The van der Waals surface area contributed by atoms with Gasteiger partial charge in [-0.3, -0.25) is 0 Å². The maximum Gasteiger partial charge on any atom is 0.106 e. The average Bonchev–Trinajstić information content (AvgIpc) is 3.05. The fourth-order valence-corrected chi connectivity index (χ4v) is 3.40.